The Morgan fingerprint density at radius 2 is 1.76 bits per heavy atom. The molecule has 5 nitrogen and oxygen atoms in total. The average Bonchev–Trinajstić information content (AvgIpc) is 2.77. The van der Waals surface area contributed by atoms with Crippen molar-refractivity contribution in [2.24, 2.45) is 0 Å². The molecule has 1 amide bonds. The summed E-state index contributed by atoms with van der Waals surface area (Å²) < 4.78 is 41.2. The Bertz CT molecular complexity index is 898. The molecule has 0 saturated carbocycles. The summed E-state index contributed by atoms with van der Waals surface area (Å²) in [6.07, 6.45) is -3.74. The van der Waals surface area contributed by atoms with Crippen LogP contribution in [0.5, 0.6) is 0 Å². The van der Waals surface area contributed by atoms with Gasteiger partial charge in [-0.1, -0.05) is 42.5 Å². The highest BCUT2D eigenvalue weighted by Gasteiger charge is 2.31. The molecule has 1 N–H and O–H groups in total. The molecule has 1 unspecified atom stereocenters. The number of piperazine rings is 1. The van der Waals surface area contributed by atoms with E-state index < -0.39 is 18.8 Å². The van der Waals surface area contributed by atoms with Crippen LogP contribution in [0.3, 0.4) is 0 Å². The lowest BCUT2D eigenvalue weighted by atomic mass is 10.0. The van der Waals surface area contributed by atoms with E-state index in [0.29, 0.717) is 26.1 Å². The third-order valence-corrected chi connectivity index (χ3v) is 5.82. The van der Waals surface area contributed by atoms with Crippen molar-refractivity contribution in [2.75, 3.05) is 51.3 Å². The van der Waals surface area contributed by atoms with Crippen LogP contribution in [0.2, 0.25) is 0 Å². The van der Waals surface area contributed by atoms with Crippen molar-refractivity contribution < 1.29 is 22.7 Å². The van der Waals surface area contributed by atoms with E-state index in [1.54, 1.807) is 0 Å². The summed E-state index contributed by atoms with van der Waals surface area (Å²) in [4.78, 5) is 17.8. The maximum Gasteiger partial charge on any atom is 0.411 e. The van der Waals surface area contributed by atoms with Crippen LogP contribution in [0, 0.1) is 13.8 Å². The van der Waals surface area contributed by atoms with Crippen LogP contribution in [0.4, 0.5) is 18.9 Å². The van der Waals surface area contributed by atoms with Gasteiger partial charge in [-0.2, -0.15) is 13.2 Å². The quantitative estimate of drug-likeness (QED) is 0.554. The first-order chi connectivity index (χ1) is 15.7. The topological polar surface area (TPSA) is 44.8 Å². The summed E-state index contributed by atoms with van der Waals surface area (Å²) in [6, 6.07) is 15.3. The van der Waals surface area contributed by atoms with Crippen LogP contribution >= 0.6 is 0 Å². The van der Waals surface area contributed by atoms with E-state index in [1.807, 2.05) is 62.4 Å². The van der Waals surface area contributed by atoms with Gasteiger partial charge in [0.05, 0.1) is 0 Å². The minimum absolute atomic E-state index is 0.0658. The van der Waals surface area contributed by atoms with Crippen molar-refractivity contribution in [1.29, 1.82) is 0 Å². The van der Waals surface area contributed by atoms with Crippen molar-refractivity contribution in [2.45, 2.75) is 32.5 Å². The maximum absolute atomic E-state index is 13.4. The second-order valence-corrected chi connectivity index (χ2v) is 8.52. The highest BCUT2D eigenvalue weighted by molar-refractivity contribution is 5.96. The van der Waals surface area contributed by atoms with Gasteiger partial charge in [0.1, 0.15) is 12.6 Å². The molecule has 2 aromatic carbocycles. The zero-order chi connectivity index (χ0) is 23.8. The average molecular weight is 464 g/mol. The van der Waals surface area contributed by atoms with Crippen LogP contribution in [0.1, 0.15) is 29.2 Å². The predicted molar refractivity (Wildman–Crippen MR) is 123 cm³/mol. The number of carbonyl (C=O) groups is 1. The number of amides is 1. The van der Waals surface area contributed by atoms with Gasteiger partial charge in [-0.05, 0) is 43.0 Å². The van der Waals surface area contributed by atoms with Crippen molar-refractivity contribution in [1.82, 2.24) is 9.80 Å². The number of anilines is 1. The third kappa shape index (κ3) is 7.84. The Kier molecular flexibility index (Phi) is 8.88. The highest BCUT2D eigenvalue weighted by Crippen LogP contribution is 2.26. The van der Waals surface area contributed by atoms with E-state index in [-0.39, 0.29) is 12.5 Å². The van der Waals surface area contributed by atoms with Gasteiger partial charge in [-0.25, -0.2) is 0 Å². The smallest absolute Gasteiger partial charge is 0.372 e. The molecular formula is C25H32F3N3O2. The van der Waals surface area contributed by atoms with Crippen LogP contribution in [-0.4, -0.2) is 67.8 Å². The Balaban J connectivity index is 1.59. The SMILES string of the molecule is Cc1ccc(C)c(NC(=O)C(c2ccccc2)N2CCN(CCCOCC(F)(F)F)CC2)c1. The standard InChI is InChI=1S/C25H32F3N3O2/c1-19-9-10-20(2)22(17-19)29-24(32)23(21-7-4-3-5-8-21)31-14-12-30(13-15-31)11-6-16-33-18-25(26,27)28/h3-5,7-10,17,23H,6,11-16,18H2,1-2H3,(H,29,32). The van der Waals surface area contributed by atoms with E-state index in [0.717, 1.165) is 35.5 Å². The van der Waals surface area contributed by atoms with Gasteiger partial charge in [0, 0.05) is 45.0 Å². The fraction of sp³-hybridized carbons (Fsp3) is 0.480. The first-order valence-electron chi connectivity index (χ1n) is 11.3. The minimum Gasteiger partial charge on any atom is -0.372 e. The van der Waals surface area contributed by atoms with Crippen LogP contribution < -0.4 is 5.32 Å². The van der Waals surface area contributed by atoms with E-state index in [4.69, 9.17) is 4.74 Å². The number of nitrogens with one attached hydrogen (secondary N) is 1. The van der Waals surface area contributed by atoms with Crippen molar-refractivity contribution in [3.63, 3.8) is 0 Å². The normalized spacial score (nSPS) is 16.5. The molecule has 0 spiro atoms. The second-order valence-electron chi connectivity index (χ2n) is 8.52. The zero-order valence-corrected chi connectivity index (χ0v) is 19.2. The molecule has 180 valence electrons. The van der Waals surface area contributed by atoms with Gasteiger partial charge in [0.15, 0.2) is 0 Å². The van der Waals surface area contributed by atoms with E-state index in [1.165, 1.54) is 0 Å². The highest BCUT2D eigenvalue weighted by atomic mass is 19.4. The number of hydrogen-bond donors (Lipinski definition) is 1. The predicted octanol–water partition coefficient (Wildman–Crippen LogP) is 4.57. The first-order valence-corrected chi connectivity index (χ1v) is 11.3. The lowest BCUT2D eigenvalue weighted by Gasteiger charge is -2.39. The zero-order valence-electron chi connectivity index (χ0n) is 19.2. The Hall–Kier alpha value is -2.42. The van der Waals surface area contributed by atoms with Crippen LogP contribution in [0.25, 0.3) is 0 Å². The lowest BCUT2D eigenvalue weighted by molar-refractivity contribution is -0.174. The molecule has 2 aromatic rings. The van der Waals surface area contributed by atoms with Crippen LogP contribution in [0.15, 0.2) is 48.5 Å². The molecule has 0 aliphatic carbocycles. The van der Waals surface area contributed by atoms with Crippen molar-refractivity contribution in [3.05, 3.63) is 65.2 Å². The van der Waals surface area contributed by atoms with Crippen LogP contribution in [-0.2, 0) is 9.53 Å². The molecule has 1 heterocycles. The maximum atomic E-state index is 13.4. The fourth-order valence-corrected chi connectivity index (χ4v) is 4.06. The molecule has 33 heavy (non-hydrogen) atoms. The van der Waals surface area contributed by atoms with Gasteiger partial charge in [-0.3, -0.25) is 9.69 Å². The molecule has 0 radical (unpaired) electrons. The molecule has 1 aliphatic rings. The van der Waals surface area contributed by atoms with Gasteiger partial charge >= 0.3 is 6.18 Å². The van der Waals surface area contributed by atoms with Gasteiger partial charge in [0.2, 0.25) is 5.91 Å². The number of rotatable bonds is 9. The Morgan fingerprint density at radius 3 is 2.42 bits per heavy atom. The molecular weight excluding hydrogens is 431 g/mol. The summed E-state index contributed by atoms with van der Waals surface area (Å²) in [5.41, 5.74) is 3.85. The number of aryl methyl sites for hydroxylation is 2. The molecule has 0 aromatic heterocycles. The van der Waals surface area contributed by atoms with E-state index >= 15 is 0 Å². The molecule has 3 rings (SSSR count). The Morgan fingerprint density at radius 1 is 1.06 bits per heavy atom. The van der Waals surface area contributed by atoms with E-state index in [2.05, 4.69) is 15.1 Å². The molecule has 1 aliphatic heterocycles. The van der Waals surface area contributed by atoms with Gasteiger partial charge < -0.3 is 15.0 Å². The molecule has 1 atom stereocenters. The third-order valence-electron chi connectivity index (χ3n) is 5.82. The second kappa shape index (κ2) is 11.6. The number of carbonyl (C=O) groups excluding carboxylic acids is 1. The number of nitrogens with zero attached hydrogens (tertiary/aromatic N) is 2. The number of alkyl halides is 3. The van der Waals surface area contributed by atoms with Crippen molar-refractivity contribution in [3.8, 4) is 0 Å². The lowest BCUT2D eigenvalue weighted by Crippen LogP contribution is -2.50. The molecule has 8 heteroatoms. The number of ether oxygens (including phenoxy) is 1. The monoisotopic (exact) mass is 463 g/mol. The molecule has 1 saturated heterocycles. The first kappa shape index (κ1) is 25.2. The summed E-state index contributed by atoms with van der Waals surface area (Å²) in [7, 11) is 0. The number of hydrogen-bond acceptors (Lipinski definition) is 4. The number of benzene rings is 2. The summed E-state index contributed by atoms with van der Waals surface area (Å²) >= 11 is 0. The summed E-state index contributed by atoms with van der Waals surface area (Å²) in [5.74, 6) is -0.0658. The Labute approximate surface area is 193 Å². The van der Waals surface area contributed by atoms with Gasteiger partial charge in [-0.15, -0.1) is 0 Å². The molecule has 1 fully saturated rings. The fourth-order valence-electron chi connectivity index (χ4n) is 4.06. The van der Waals surface area contributed by atoms with E-state index in [9.17, 15) is 18.0 Å². The summed E-state index contributed by atoms with van der Waals surface area (Å²) in [5, 5.41) is 3.12. The molecule has 0 bridgehead atoms. The largest absolute Gasteiger partial charge is 0.411 e. The summed E-state index contributed by atoms with van der Waals surface area (Å²) in [6.45, 7) is 6.43. The van der Waals surface area contributed by atoms with Gasteiger partial charge in [0.25, 0.3) is 0 Å². The number of halogens is 3. The minimum atomic E-state index is -4.28. The van der Waals surface area contributed by atoms with Crippen molar-refractivity contribution >= 4 is 11.6 Å².